The SMILES string of the molecule is NCCc1cccc(C(=O)N2CCc3ccc(O)cc32)c1. The number of rotatable bonds is 3. The number of carbonyl (C=O) groups is 1. The highest BCUT2D eigenvalue weighted by atomic mass is 16.3. The number of hydrogen-bond donors (Lipinski definition) is 2. The van der Waals surface area contributed by atoms with Crippen molar-refractivity contribution < 1.29 is 9.90 Å². The first-order valence-electron chi connectivity index (χ1n) is 7.12. The molecule has 0 aliphatic carbocycles. The smallest absolute Gasteiger partial charge is 0.258 e. The molecule has 21 heavy (non-hydrogen) atoms. The number of anilines is 1. The largest absolute Gasteiger partial charge is 0.508 e. The molecule has 1 amide bonds. The zero-order valence-corrected chi connectivity index (χ0v) is 11.7. The molecule has 0 saturated heterocycles. The number of phenols is 1. The highest BCUT2D eigenvalue weighted by Gasteiger charge is 2.25. The fourth-order valence-corrected chi connectivity index (χ4v) is 2.76. The predicted octanol–water partition coefficient (Wildman–Crippen LogP) is 2.10. The van der Waals surface area contributed by atoms with Gasteiger partial charge in [-0.2, -0.15) is 0 Å². The number of aromatic hydroxyl groups is 1. The van der Waals surface area contributed by atoms with E-state index in [1.54, 1.807) is 17.0 Å². The number of hydrogen-bond acceptors (Lipinski definition) is 3. The molecule has 3 N–H and O–H groups in total. The summed E-state index contributed by atoms with van der Waals surface area (Å²) >= 11 is 0. The number of phenolic OH excluding ortho intramolecular Hbond substituents is 1. The summed E-state index contributed by atoms with van der Waals surface area (Å²) < 4.78 is 0. The lowest BCUT2D eigenvalue weighted by atomic mass is 10.1. The Labute approximate surface area is 123 Å². The molecule has 4 nitrogen and oxygen atoms in total. The van der Waals surface area contributed by atoms with Crippen LogP contribution in [0, 0.1) is 0 Å². The van der Waals surface area contributed by atoms with Crippen LogP contribution in [0.4, 0.5) is 5.69 Å². The molecule has 0 saturated carbocycles. The van der Waals surface area contributed by atoms with Crippen LogP contribution >= 0.6 is 0 Å². The van der Waals surface area contributed by atoms with Crippen LogP contribution in [-0.2, 0) is 12.8 Å². The second-order valence-electron chi connectivity index (χ2n) is 5.26. The monoisotopic (exact) mass is 282 g/mol. The molecule has 3 rings (SSSR count). The van der Waals surface area contributed by atoms with Crippen molar-refractivity contribution in [2.45, 2.75) is 12.8 Å². The quantitative estimate of drug-likeness (QED) is 0.906. The molecule has 0 aromatic heterocycles. The van der Waals surface area contributed by atoms with Crippen LogP contribution in [0.3, 0.4) is 0 Å². The Kier molecular flexibility index (Phi) is 3.62. The summed E-state index contributed by atoms with van der Waals surface area (Å²) in [5.41, 5.74) is 9.20. The van der Waals surface area contributed by atoms with Gasteiger partial charge in [0.25, 0.3) is 5.91 Å². The van der Waals surface area contributed by atoms with Crippen LogP contribution < -0.4 is 10.6 Å². The van der Waals surface area contributed by atoms with E-state index in [1.165, 1.54) is 0 Å². The van der Waals surface area contributed by atoms with Gasteiger partial charge in [0, 0.05) is 18.2 Å². The van der Waals surface area contributed by atoms with E-state index in [-0.39, 0.29) is 11.7 Å². The first-order chi connectivity index (χ1) is 10.2. The Morgan fingerprint density at radius 2 is 2.10 bits per heavy atom. The minimum absolute atomic E-state index is 0.0294. The van der Waals surface area contributed by atoms with E-state index in [1.807, 2.05) is 30.3 Å². The molecule has 0 fully saturated rings. The Balaban J connectivity index is 1.90. The van der Waals surface area contributed by atoms with Crippen molar-refractivity contribution in [2.24, 2.45) is 5.73 Å². The second-order valence-corrected chi connectivity index (χ2v) is 5.26. The van der Waals surface area contributed by atoms with Crippen LogP contribution in [0.15, 0.2) is 42.5 Å². The Hall–Kier alpha value is -2.33. The van der Waals surface area contributed by atoms with Crippen LogP contribution in [0.25, 0.3) is 0 Å². The maximum Gasteiger partial charge on any atom is 0.258 e. The third-order valence-corrected chi connectivity index (χ3v) is 3.82. The van der Waals surface area contributed by atoms with E-state index in [0.29, 0.717) is 18.7 Å². The maximum absolute atomic E-state index is 12.7. The van der Waals surface area contributed by atoms with Gasteiger partial charge in [-0.05, 0) is 48.7 Å². The topological polar surface area (TPSA) is 66.6 Å². The van der Waals surface area contributed by atoms with Crippen LogP contribution in [0.5, 0.6) is 5.75 Å². The number of amides is 1. The normalized spacial score (nSPS) is 13.3. The number of fused-ring (bicyclic) bond motifs is 1. The molecule has 0 unspecified atom stereocenters. The average Bonchev–Trinajstić information content (AvgIpc) is 2.90. The lowest BCUT2D eigenvalue weighted by Crippen LogP contribution is -2.28. The van der Waals surface area contributed by atoms with Gasteiger partial charge in [-0.15, -0.1) is 0 Å². The molecular weight excluding hydrogens is 264 g/mol. The third kappa shape index (κ3) is 2.62. The number of carbonyl (C=O) groups excluding carboxylic acids is 1. The summed E-state index contributed by atoms with van der Waals surface area (Å²) in [5, 5.41) is 9.63. The van der Waals surface area contributed by atoms with Gasteiger partial charge in [0.15, 0.2) is 0 Å². The van der Waals surface area contributed by atoms with E-state index >= 15 is 0 Å². The molecule has 4 heteroatoms. The molecule has 1 heterocycles. The molecule has 0 radical (unpaired) electrons. The fourth-order valence-electron chi connectivity index (χ4n) is 2.76. The number of nitrogens with zero attached hydrogens (tertiary/aromatic N) is 1. The standard InChI is InChI=1S/C17H18N2O2/c18-8-6-12-2-1-3-14(10-12)17(21)19-9-7-13-4-5-15(20)11-16(13)19/h1-5,10-11,20H,6-9,18H2. The minimum atomic E-state index is -0.0294. The predicted molar refractivity (Wildman–Crippen MR) is 82.7 cm³/mol. The van der Waals surface area contributed by atoms with Crippen LogP contribution in [0.1, 0.15) is 21.5 Å². The van der Waals surface area contributed by atoms with E-state index in [0.717, 1.165) is 29.7 Å². The van der Waals surface area contributed by atoms with Crippen LogP contribution in [0.2, 0.25) is 0 Å². The van der Waals surface area contributed by atoms with Crippen molar-refractivity contribution in [3.8, 4) is 5.75 Å². The Morgan fingerprint density at radius 3 is 2.90 bits per heavy atom. The second kappa shape index (κ2) is 5.58. The lowest BCUT2D eigenvalue weighted by molar-refractivity contribution is 0.0989. The van der Waals surface area contributed by atoms with E-state index < -0.39 is 0 Å². The van der Waals surface area contributed by atoms with E-state index in [4.69, 9.17) is 5.73 Å². The Bertz CT molecular complexity index is 682. The zero-order valence-electron chi connectivity index (χ0n) is 11.7. The molecule has 2 aromatic carbocycles. The van der Waals surface area contributed by atoms with Crippen molar-refractivity contribution in [1.82, 2.24) is 0 Å². The van der Waals surface area contributed by atoms with Crippen LogP contribution in [-0.4, -0.2) is 24.1 Å². The van der Waals surface area contributed by atoms with Gasteiger partial charge >= 0.3 is 0 Å². The molecule has 0 bridgehead atoms. The van der Waals surface area contributed by atoms with Crippen molar-refractivity contribution >= 4 is 11.6 Å². The van der Waals surface area contributed by atoms with Gasteiger partial charge < -0.3 is 15.7 Å². The average molecular weight is 282 g/mol. The molecule has 1 aliphatic heterocycles. The van der Waals surface area contributed by atoms with Gasteiger partial charge in [-0.3, -0.25) is 4.79 Å². The van der Waals surface area contributed by atoms with E-state index in [2.05, 4.69) is 0 Å². The summed E-state index contributed by atoms with van der Waals surface area (Å²) in [4.78, 5) is 14.4. The molecular formula is C17H18N2O2. The van der Waals surface area contributed by atoms with Crippen molar-refractivity contribution in [3.63, 3.8) is 0 Å². The molecule has 108 valence electrons. The lowest BCUT2D eigenvalue weighted by Gasteiger charge is -2.18. The molecule has 0 atom stereocenters. The summed E-state index contributed by atoms with van der Waals surface area (Å²) in [5.74, 6) is 0.156. The highest BCUT2D eigenvalue weighted by molar-refractivity contribution is 6.07. The first-order valence-corrected chi connectivity index (χ1v) is 7.12. The van der Waals surface area contributed by atoms with Gasteiger partial charge in [0.1, 0.15) is 5.75 Å². The fraction of sp³-hybridized carbons (Fsp3) is 0.235. The highest BCUT2D eigenvalue weighted by Crippen LogP contribution is 2.32. The van der Waals surface area contributed by atoms with Gasteiger partial charge in [-0.25, -0.2) is 0 Å². The van der Waals surface area contributed by atoms with Gasteiger partial charge in [-0.1, -0.05) is 18.2 Å². The molecule has 1 aliphatic rings. The third-order valence-electron chi connectivity index (χ3n) is 3.82. The number of benzene rings is 2. The summed E-state index contributed by atoms with van der Waals surface area (Å²) in [6, 6.07) is 12.8. The van der Waals surface area contributed by atoms with Gasteiger partial charge in [0.2, 0.25) is 0 Å². The van der Waals surface area contributed by atoms with Crippen molar-refractivity contribution in [1.29, 1.82) is 0 Å². The first kappa shape index (κ1) is 13.6. The Morgan fingerprint density at radius 1 is 1.24 bits per heavy atom. The molecule has 0 spiro atoms. The van der Waals surface area contributed by atoms with Crippen molar-refractivity contribution in [2.75, 3.05) is 18.0 Å². The zero-order chi connectivity index (χ0) is 14.8. The van der Waals surface area contributed by atoms with Crippen molar-refractivity contribution in [3.05, 3.63) is 59.2 Å². The maximum atomic E-state index is 12.7. The van der Waals surface area contributed by atoms with Gasteiger partial charge in [0.05, 0.1) is 5.69 Å². The molecule has 2 aromatic rings. The summed E-state index contributed by atoms with van der Waals surface area (Å²) in [7, 11) is 0. The summed E-state index contributed by atoms with van der Waals surface area (Å²) in [6.07, 6.45) is 1.59. The van der Waals surface area contributed by atoms with E-state index in [9.17, 15) is 9.90 Å². The minimum Gasteiger partial charge on any atom is -0.508 e. The summed E-state index contributed by atoms with van der Waals surface area (Å²) in [6.45, 7) is 1.22. The number of nitrogens with two attached hydrogens (primary N) is 1.